The van der Waals surface area contributed by atoms with Crippen molar-refractivity contribution in [1.82, 2.24) is 4.90 Å². The fourth-order valence-electron chi connectivity index (χ4n) is 2.36. The lowest BCUT2D eigenvalue weighted by atomic mass is 9.86. The lowest BCUT2D eigenvalue weighted by molar-refractivity contribution is 0.103. The van der Waals surface area contributed by atoms with Gasteiger partial charge in [-0.3, -0.25) is 0 Å². The molecule has 2 atom stereocenters. The van der Waals surface area contributed by atoms with Crippen molar-refractivity contribution in [3.05, 3.63) is 48.0 Å². The number of hydrogen-bond acceptors (Lipinski definition) is 2. The quantitative estimate of drug-likeness (QED) is 0.729. The molecule has 1 aliphatic carbocycles. The first kappa shape index (κ1) is 10.4. The lowest BCUT2D eigenvalue weighted by Crippen LogP contribution is -2.29. The van der Waals surface area contributed by atoms with Crippen molar-refractivity contribution in [1.29, 1.82) is 0 Å². The van der Waals surface area contributed by atoms with Crippen molar-refractivity contribution in [2.45, 2.75) is 6.61 Å². The molecule has 3 heteroatoms. The smallest absolute Gasteiger partial charge is 0.410 e. The zero-order valence-electron chi connectivity index (χ0n) is 9.58. The highest BCUT2D eigenvalue weighted by Gasteiger charge is 2.37. The molecule has 1 aromatic rings. The summed E-state index contributed by atoms with van der Waals surface area (Å²) in [6.45, 7) is 1.99. The monoisotopic (exact) mass is 229 g/mol. The van der Waals surface area contributed by atoms with Crippen LogP contribution in [0.1, 0.15) is 5.56 Å². The van der Waals surface area contributed by atoms with Crippen LogP contribution < -0.4 is 0 Å². The Morgan fingerprint density at radius 1 is 1.18 bits per heavy atom. The fraction of sp³-hybridized carbons (Fsp3) is 0.357. The summed E-state index contributed by atoms with van der Waals surface area (Å²) in [5.41, 5.74) is 1.03. The van der Waals surface area contributed by atoms with Crippen molar-refractivity contribution in [3.8, 4) is 0 Å². The molecule has 0 radical (unpaired) electrons. The molecule has 88 valence electrons. The van der Waals surface area contributed by atoms with E-state index < -0.39 is 0 Å². The van der Waals surface area contributed by atoms with Crippen molar-refractivity contribution in [3.63, 3.8) is 0 Å². The van der Waals surface area contributed by atoms with Crippen molar-refractivity contribution in [2.24, 2.45) is 11.8 Å². The average molecular weight is 229 g/mol. The molecular formula is C14H15NO2. The van der Waals surface area contributed by atoms with E-state index in [9.17, 15) is 4.79 Å². The van der Waals surface area contributed by atoms with Gasteiger partial charge in [-0.15, -0.1) is 0 Å². The molecule has 0 aromatic heterocycles. The molecule has 1 saturated heterocycles. The van der Waals surface area contributed by atoms with Gasteiger partial charge in [-0.2, -0.15) is 0 Å². The first-order valence-electron chi connectivity index (χ1n) is 5.97. The van der Waals surface area contributed by atoms with Crippen LogP contribution in [0.4, 0.5) is 4.79 Å². The highest BCUT2D eigenvalue weighted by Crippen LogP contribution is 2.33. The van der Waals surface area contributed by atoms with E-state index in [1.54, 1.807) is 4.90 Å². The number of carbonyl (C=O) groups excluding carboxylic acids is 1. The van der Waals surface area contributed by atoms with Gasteiger partial charge in [0.2, 0.25) is 0 Å². The Balaban J connectivity index is 1.51. The molecule has 2 aliphatic rings. The Labute approximate surface area is 101 Å². The van der Waals surface area contributed by atoms with E-state index >= 15 is 0 Å². The summed E-state index contributed by atoms with van der Waals surface area (Å²) < 4.78 is 5.30. The van der Waals surface area contributed by atoms with Crippen LogP contribution in [0.25, 0.3) is 0 Å². The highest BCUT2D eigenvalue weighted by atomic mass is 16.6. The molecule has 3 nitrogen and oxygen atoms in total. The summed E-state index contributed by atoms with van der Waals surface area (Å²) in [4.78, 5) is 13.6. The summed E-state index contributed by atoms with van der Waals surface area (Å²) >= 11 is 0. The van der Waals surface area contributed by atoms with Gasteiger partial charge in [0.25, 0.3) is 0 Å². The van der Waals surface area contributed by atoms with E-state index in [2.05, 4.69) is 12.2 Å². The summed E-state index contributed by atoms with van der Waals surface area (Å²) in [7, 11) is 0. The molecule has 1 amide bonds. The van der Waals surface area contributed by atoms with Gasteiger partial charge in [-0.05, 0) is 5.56 Å². The molecule has 0 bridgehead atoms. The number of ether oxygens (including phenoxy) is 1. The van der Waals surface area contributed by atoms with Crippen molar-refractivity contribution < 1.29 is 9.53 Å². The van der Waals surface area contributed by atoms with Crippen LogP contribution in [0.15, 0.2) is 42.5 Å². The zero-order valence-corrected chi connectivity index (χ0v) is 9.58. The second-order valence-electron chi connectivity index (χ2n) is 4.66. The van der Waals surface area contributed by atoms with Crippen LogP contribution >= 0.6 is 0 Å². The molecule has 0 unspecified atom stereocenters. The molecule has 1 aliphatic heterocycles. The number of benzene rings is 1. The van der Waals surface area contributed by atoms with E-state index in [0.29, 0.717) is 18.4 Å². The van der Waals surface area contributed by atoms with Gasteiger partial charge in [0.15, 0.2) is 0 Å². The SMILES string of the molecule is O=C(OCc1ccccc1)N1C[C@H]2C=C[C@H]2C1. The highest BCUT2D eigenvalue weighted by molar-refractivity contribution is 5.68. The van der Waals surface area contributed by atoms with Gasteiger partial charge in [-0.1, -0.05) is 42.5 Å². The van der Waals surface area contributed by atoms with Crippen molar-refractivity contribution in [2.75, 3.05) is 13.1 Å². The van der Waals surface area contributed by atoms with Crippen LogP contribution in [0.3, 0.4) is 0 Å². The van der Waals surface area contributed by atoms with Crippen LogP contribution in [-0.4, -0.2) is 24.1 Å². The van der Waals surface area contributed by atoms with Crippen LogP contribution in [0, 0.1) is 11.8 Å². The molecule has 17 heavy (non-hydrogen) atoms. The zero-order chi connectivity index (χ0) is 11.7. The van der Waals surface area contributed by atoms with E-state index in [1.165, 1.54) is 0 Å². The number of fused-ring (bicyclic) bond motifs is 1. The Bertz CT molecular complexity index is 427. The van der Waals surface area contributed by atoms with Crippen molar-refractivity contribution >= 4 is 6.09 Å². The second-order valence-corrected chi connectivity index (χ2v) is 4.66. The number of rotatable bonds is 2. The van der Waals surface area contributed by atoms with Gasteiger partial charge < -0.3 is 9.64 Å². The van der Waals surface area contributed by atoms with Crippen LogP contribution in [0.2, 0.25) is 0 Å². The molecule has 0 spiro atoms. The first-order valence-corrected chi connectivity index (χ1v) is 5.97. The topological polar surface area (TPSA) is 29.5 Å². The lowest BCUT2D eigenvalue weighted by Gasteiger charge is -2.17. The third-order valence-corrected chi connectivity index (χ3v) is 3.48. The maximum Gasteiger partial charge on any atom is 0.410 e. The summed E-state index contributed by atoms with van der Waals surface area (Å²) in [6.07, 6.45) is 4.16. The molecule has 1 aromatic carbocycles. The van der Waals surface area contributed by atoms with Gasteiger partial charge in [0.1, 0.15) is 6.61 Å². The second kappa shape index (κ2) is 4.24. The number of hydrogen-bond donors (Lipinski definition) is 0. The number of likely N-dealkylation sites (tertiary alicyclic amines) is 1. The Kier molecular flexibility index (Phi) is 2.59. The number of amides is 1. The average Bonchev–Trinajstić information content (AvgIpc) is 2.64. The Morgan fingerprint density at radius 2 is 1.82 bits per heavy atom. The molecule has 0 saturated carbocycles. The molecule has 3 rings (SSSR count). The van der Waals surface area contributed by atoms with E-state index in [-0.39, 0.29) is 6.09 Å². The number of nitrogens with zero attached hydrogens (tertiary/aromatic N) is 1. The van der Waals surface area contributed by atoms with Crippen LogP contribution in [0.5, 0.6) is 0 Å². The third-order valence-electron chi connectivity index (χ3n) is 3.48. The minimum atomic E-state index is -0.190. The summed E-state index contributed by atoms with van der Waals surface area (Å²) in [5.74, 6) is 1.14. The maximum atomic E-state index is 11.8. The molecule has 1 fully saturated rings. The van der Waals surface area contributed by atoms with Gasteiger partial charge in [-0.25, -0.2) is 4.79 Å². The molecule has 0 N–H and O–H groups in total. The third kappa shape index (κ3) is 2.05. The standard InChI is InChI=1S/C14H15NO2/c16-14(15-8-12-6-7-13(12)9-15)17-10-11-4-2-1-3-5-11/h1-7,12-13H,8-10H2/t12-,13+. The number of carbonyl (C=O) groups is 1. The molecule has 1 heterocycles. The Morgan fingerprint density at radius 3 is 2.41 bits per heavy atom. The fourth-order valence-corrected chi connectivity index (χ4v) is 2.36. The summed E-state index contributed by atoms with van der Waals surface area (Å²) in [5, 5.41) is 0. The minimum Gasteiger partial charge on any atom is -0.445 e. The van der Waals surface area contributed by atoms with E-state index in [1.807, 2.05) is 30.3 Å². The maximum absolute atomic E-state index is 11.8. The van der Waals surface area contributed by atoms with E-state index in [0.717, 1.165) is 18.7 Å². The Hall–Kier alpha value is -1.77. The predicted molar refractivity (Wildman–Crippen MR) is 64.3 cm³/mol. The largest absolute Gasteiger partial charge is 0.445 e. The first-order chi connectivity index (χ1) is 8.33. The van der Waals surface area contributed by atoms with E-state index in [4.69, 9.17) is 4.74 Å². The van der Waals surface area contributed by atoms with Gasteiger partial charge in [0, 0.05) is 24.9 Å². The van der Waals surface area contributed by atoms with Crippen LogP contribution in [-0.2, 0) is 11.3 Å². The predicted octanol–water partition coefficient (Wildman–Crippen LogP) is 2.44. The molecular weight excluding hydrogens is 214 g/mol. The van der Waals surface area contributed by atoms with Gasteiger partial charge >= 0.3 is 6.09 Å². The van der Waals surface area contributed by atoms with Gasteiger partial charge in [0.05, 0.1) is 0 Å². The normalized spacial score (nSPS) is 25.3. The minimum absolute atomic E-state index is 0.190. The summed E-state index contributed by atoms with van der Waals surface area (Å²) in [6, 6.07) is 9.77.